The highest BCUT2D eigenvalue weighted by molar-refractivity contribution is 9.10. The summed E-state index contributed by atoms with van der Waals surface area (Å²) >= 11 is 4.70. The number of carbonyl (C=O) groups excluding carboxylic acids is 1. The van der Waals surface area contributed by atoms with E-state index in [1.807, 2.05) is 48.5 Å². The van der Waals surface area contributed by atoms with E-state index in [1.54, 1.807) is 4.68 Å². The molecule has 2 aromatic carbocycles. The number of anilines is 1. The monoisotopic (exact) mass is 417 g/mol. The third-order valence-corrected chi connectivity index (χ3v) is 4.96. The molecule has 0 radical (unpaired) electrons. The first-order chi connectivity index (χ1) is 12.2. The zero-order chi connectivity index (χ0) is 17.6. The van der Waals surface area contributed by atoms with Gasteiger partial charge in [-0.25, -0.2) is 0 Å². The fraction of sp³-hybridized carbons (Fsp3) is 0.176. The van der Waals surface area contributed by atoms with E-state index < -0.39 is 0 Å². The maximum Gasteiger partial charge on any atom is 0.234 e. The molecule has 0 atom stereocenters. The highest BCUT2D eigenvalue weighted by Crippen LogP contribution is 2.21. The van der Waals surface area contributed by atoms with E-state index in [1.165, 1.54) is 11.8 Å². The summed E-state index contributed by atoms with van der Waals surface area (Å²) in [6, 6.07) is 15.4. The number of tetrazole rings is 1. The van der Waals surface area contributed by atoms with Crippen LogP contribution in [-0.2, 0) is 11.2 Å². The Labute approximate surface area is 158 Å². The van der Waals surface area contributed by atoms with Gasteiger partial charge in [-0.15, -0.1) is 5.10 Å². The van der Waals surface area contributed by atoms with Gasteiger partial charge in [0.1, 0.15) is 0 Å². The van der Waals surface area contributed by atoms with Crippen LogP contribution < -0.4 is 5.32 Å². The molecule has 128 valence electrons. The van der Waals surface area contributed by atoms with E-state index in [2.05, 4.69) is 43.7 Å². The Morgan fingerprint density at radius 2 is 1.96 bits per heavy atom. The van der Waals surface area contributed by atoms with Crippen molar-refractivity contribution < 1.29 is 4.79 Å². The first-order valence-corrected chi connectivity index (χ1v) is 9.50. The Balaban J connectivity index is 1.65. The topological polar surface area (TPSA) is 72.7 Å². The van der Waals surface area contributed by atoms with Crippen molar-refractivity contribution in [1.29, 1.82) is 0 Å². The van der Waals surface area contributed by atoms with Crippen LogP contribution in [0.15, 0.2) is 58.2 Å². The van der Waals surface area contributed by atoms with Gasteiger partial charge >= 0.3 is 0 Å². The van der Waals surface area contributed by atoms with Crippen LogP contribution in [0.4, 0.5) is 5.69 Å². The molecule has 1 amide bonds. The lowest BCUT2D eigenvalue weighted by Crippen LogP contribution is -2.15. The molecule has 0 fully saturated rings. The number of benzene rings is 2. The molecule has 1 heterocycles. The van der Waals surface area contributed by atoms with E-state index in [4.69, 9.17) is 0 Å². The van der Waals surface area contributed by atoms with E-state index in [-0.39, 0.29) is 11.7 Å². The lowest BCUT2D eigenvalue weighted by Gasteiger charge is -2.09. The SMILES string of the molecule is CCc1ccccc1NC(=O)CSc1nnnn1-c1ccc(Br)cc1. The molecule has 0 unspecified atom stereocenters. The van der Waals surface area contributed by atoms with Gasteiger partial charge < -0.3 is 5.32 Å². The van der Waals surface area contributed by atoms with Gasteiger partial charge in [-0.3, -0.25) is 4.79 Å². The smallest absolute Gasteiger partial charge is 0.234 e. The number of thioether (sulfide) groups is 1. The van der Waals surface area contributed by atoms with Crippen molar-refractivity contribution in [3.8, 4) is 5.69 Å². The summed E-state index contributed by atoms with van der Waals surface area (Å²) < 4.78 is 2.59. The summed E-state index contributed by atoms with van der Waals surface area (Å²) in [5, 5.41) is 15.2. The largest absolute Gasteiger partial charge is 0.325 e. The summed E-state index contributed by atoms with van der Waals surface area (Å²) in [5.41, 5.74) is 2.80. The molecule has 6 nitrogen and oxygen atoms in total. The van der Waals surface area contributed by atoms with E-state index in [9.17, 15) is 4.79 Å². The van der Waals surface area contributed by atoms with Crippen molar-refractivity contribution in [2.75, 3.05) is 11.1 Å². The number of aryl methyl sites for hydroxylation is 1. The van der Waals surface area contributed by atoms with Crippen LogP contribution in [0.3, 0.4) is 0 Å². The van der Waals surface area contributed by atoms with Gasteiger partial charge in [-0.1, -0.05) is 52.8 Å². The predicted octanol–water partition coefficient (Wildman–Crippen LogP) is 3.72. The number of rotatable bonds is 6. The summed E-state index contributed by atoms with van der Waals surface area (Å²) in [7, 11) is 0. The second-order valence-corrected chi connectivity index (χ2v) is 7.06. The third kappa shape index (κ3) is 4.46. The molecule has 0 saturated carbocycles. The van der Waals surface area contributed by atoms with Crippen molar-refractivity contribution >= 4 is 39.3 Å². The Kier molecular flexibility index (Phi) is 5.83. The number of aromatic nitrogens is 4. The van der Waals surface area contributed by atoms with Gasteiger partial charge in [0.2, 0.25) is 11.1 Å². The number of nitrogens with zero attached hydrogens (tertiary/aromatic N) is 4. The molecule has 25 heavy (non-hydrogen) atoms. The highest BCUT2D eigenvalue weighted by Gasteiger charge is 2.12. The van der Waals surface area contributed by atoms with Crippen molar-refractivity contribution in [3.63, 3.8) is 0 Å². The standard InChI is InChI=1S/C17H16BrN5OS/c1-2-12-5-3-4-6-15(12)19-16(24)11-25-17-20-21-22-23(17)14-9-7-13(18)8-10-14/h3-10H,2,11H2,1H3,(H,19,24). The van der Waals surface area contributed by atoms with Gasteiger partial charge in [0.15, 0.2) is 0 Å². The number of hydrogen-bond acceptors (Lipinski definition) is 5. The zero-order valence-electron chi connectivity index (χ0n) is 13.5. The molecule has 1 aromatic heterocycles. The molecule has 0 aliphatic rings. The van der Waals surface area contributed by atoms with Crippen LogP contribution >= 0.6 is 27.7 Å². The van der Waals surface area contributed by atoms with Crippen LogP contribution in [0.1, 0.15) is 12.5 Å². The molecule has 0 aliphatic carbocycles. The summed E-state index contributed by atoms with van der Waals surface area (Å²) in [6.07, 6.45) is 0.866. The first-order valence-electron chi connectivity index (χ1n) is 7.72. The molecular weight excluding hydrogens is 402 g/mol. The minimum Gasteiger partial charge on any atom is -0.325 e. The van der Waals surface area contributed by atoms with E-state index >= 15 is 0 Å². The minimum atomic E-state index is -0.0868. The number of hydrogen-bond donors (Lipinski definition) is 1. The Morgan fingerprint density at radius 3 is 2.72 bits per heavy atom. The zero-order valence-corrected chi connectivity index (χ0v) is 15.9. The van der Waals surface area contributed by atoms with Gasteiger partial charge in [0.05, 0.1) is 11.4 Å². The number of nitrogens with one attached hydrogen (secondary N) is 1. The quantitative estimate of drug-likeness (QED) is 0.618. The summed E-state index contributed by atoms with van der Waals surface area (Å²) in [4.78, 5) is 12.3. The number of para-hydroxylation sites is 1. The molecule has 3 rings (SSSR count). The second-order valence-electron chi connectivity index (χ2n) is 5.20. The molecule has 3 aromatic rings. The second kappa shape index (κ2) is 8.26. The van der Waals surface area contributed by atoms with Gasteiger partial charge in [0.25, 0.3) is 0 Å². The maximum absolute atomic E-state index is 12.3. The fourth-order valence-corrected chi connectivity index (χ4v) is 3.24. The fourth-order valence-electron chi connectivity index (χ4n) is 2.28. The van der Waals surface area contributed by atoms with Crippen molar-refractivity contribution in [1.82, 2.24) is 20.2 Å². The van der Waals surface area contributed by atoms with Crippen LogP contribution in [0, 0.1) is 0 Å². The Morgan fingerprint density at radius 1 is 1.20 bits per heavy atom. The third-order valence-electron chi connectivity index (χ3n) is 3.52. The summed E-state index contributed by atoms with van der Waals surface area (Å²) in [5.74, 6) is 0.144. The van der Waals surface area contributed by atoms with Crippen LogP contribution in [0.25, 0.3) is 5.69 Å². The molecule has 0 saturated heterocycles. The highest BCUT2D eigenvalue weighted by atomic mass is 79.9. The van der Waals surface area contributed by atoms with Crippen molar-refractivity contribution in [3.05, 3.63) is 58.6 Å². The maximum atomic E-state index is 12.3. The van der Waals surface area contributed by atoms with E-state index in [0.29, 0.717) is 5.16 Å². The van der Waals surface area contributed by atoms with Gasteiger partial charge in [-0.05, 0) is 52.7 Å². The average molecular weight is 418 g/mol. The Bertz CT molecular complexity index is 865. The molecule has 8 heteroatoms. The molecule has 0 bridgehead atoms. The average Bonchev–Trinajstić information content (AvgIpc) is 3.09. The number of amides is 1. The van der Waals surface area contributed by atoms with Crippen LogP contribution in [0.5, 0.6) is 0 Å². The predicted molar refractivity (Wildman–Crippen MR) is 102 cm³/mol. The summed E-state index contributed by atoms with van der Waals surface area (Å²) in [6.45, 7) is 2.06. The van der Waals surface area contributed by atoms with E-state index in [0.717, 1.165) is 27.8 Å². The minimum absolute atomic E-state index is 0.0868. The van der Waals surface area contributed by atoms with Gasteiger partial charge in [-0.2, -0.15) is 4.68 Å². The number of carbonyl (C=O) groups is 1. The lowest BCUT2D eigenvalue weighted by atomic mass is 10.1. The molecule has 0 aliphatic heterocycles. The van der Waals surface area contributed by atoms with Gasteiger partial charge in [0, 0.05) is 10.2 Å². The van der Waals surface area contributed by atoms with Crippen molar-refractivity contribution in [2.45, 2.75) is 18.5 Å². The molecular formula is C17H16BrN5OS. The van der Waals surface area contributed by atoms with Crippen LogP contribution in [-0.4, -0.2) is 31.9 Å². The van der Waals surface area contributed by atoms with Crippen LogP contribution in [0.2, 0.25) is 0 Å². The number of halogens is 1. The van der Waals surface area contributed by atoms with Crippen molar-refractivity contribution in [2.24, 2.45) is 0 Å². The normalized spacial score (nSPS) is 10.6. The first kappa shape index (κ1) is 17.6. The lowest BCUT2D eigenvalue weighted by molar-refractivity contribution is -0.113. The molecule has 1 N–H and O–H groups in total. The Hall–Kier alpha value is -2.19. The molecule has 0 spiro atoms.